The van der Waals surface area contributed by atoms with Crippen LogP contribution in [0.15, 0.2) is 24.3 Å². The Morgan fingerprint density at radius 1 is 0.380 bits per heavy atom. The van der Waals surface area contributed by atoms with Crippen molar-refractivity contribution in [3.8, 4) is 0 Å². The number of allylic oxidation sites excluding steroid dienone is 3. The zero-order chi connectivity index (χ0) is 51.4. The normalized spacial score (nSPS) is 12.7. The molecule has 0 aromatic heterocycles. The van der Waals surface area contributed by atoms with Gasteiger partial charge in [0.05, 0.1) is 25.4 Å². The number of aliphatic hydroxyl groups excluding tert-OH is 2. The Balaban J connectivity index is 3.30. The van der Waals surface area contributed by atoms with E-state index in [1.165, 1.54) is 283 Å². The fourth-order valence-electron chi connectivity index (χ4n) is 10.0. The molecule has 0 aliphatic heterocycles. The van der Waals surface area contributed by atoms with Crippen LogP contribution in [0.2, 0.25) is 0 Å². The Labute approximate surface area is 443 Å². The molecule has 0 saturated heterocycles. The number of hydrogen-bond acceptors (Lipinski definition) is 5. The standard InChI is InChI=1S/C65H125NO5/c1-3-5-7-9-11-13-14-15-36-39-43-47-51-55-59-65(70)71-60-56-52-48-44-40-37-34-32-30-28-26-24-22-20-18-16-17-19-21-23-25-27-29-31-33-35-38-42-46-50-54-58-64(69)66-62(61-67)63(68)57-53-49-45-41-12-10-8-6-4-2/h14-15,53,57,62-63,67-68H,3-13,16-52,54-56,58-61H2,1-2H3,(H,66,69)/b15-14-,57-53+. The van der Waals surface area contributed by atoms with Gasteiger partial charge in [-0.25, -0.2) is 0 Å². The van der Waals surface area contributed by atoms with Crippen molar-refractivity contribution in [3.05, 3.63) is 24.3 Å². The van der Waals surface area contributed by atoms with Gasteiger partial charge in [0.25, 0.3) is 0 Å². The lowest BCUT2D eigenvalue weighted by molar-refractivity contribution is -0.143. The number of rotatable bonds is 60. The van der Waals surface area contributed by atoms with Crippen molar-refractivity contribution in [1.82, 2.24) is 5.32 Å². The first kappa shape index (κ1) is 69.3. The maximum Gasteiger partial charge on any atom is 0.305 e. The molecule has 0 aromatic carbocycles. The second-order valence-corrected chi connectivity index (χ2v) is 22.1. The summed E-state index contributed by atoms with van der Waals surface area (Å²) in [6.07, 6.45) is 75.4. The van der Waals surface area contributed by atoms with Crippen LogP contribution >= 0.6 is 0 Å². The summed E-state index contributed by atoms with van der Waals surface area (Å²) in [7, 11) is 0. The molecule has 0 spiro atoms. The largest absolute Gasteiger partial charge is 0.466 e. The second-order valence-electron chi connectivity index (χ2n) is 22.1. The van der Waals surface area contributed by atoms with Gasteiger partial charge >= 0.3 is 5.97 Å². The molecule has 0 heterocycles. The molecule has 420 valence electrons. The van der Waals surface area contributed by atoms with E-state index in [-0.39, 0.29) is 18.5 Å². The molecule has 2 unspecified atom stereocenters. The van der Waals surface area contributed by atoms with Gasteiger partial charge < -0.3 is 20.3 Å². The number of carbonyl (C=O) groups is 2. The molecule has 0 bridgehead atoms. The summed E-state index contributed by atoms with van der Waals surface area (Å²) >= 11 is 0. The number of carbonyl (C=O) groups excluding carboxylic acids is 2. The first-order valence-electron chi connectivity index (χ1n) is 32.1. The van der Waals surface area contributed by atoms with Crippen LogP contribution in [0.1, 0.15) is 354 Å². The molecular formula is C65H125NO5. The fourth-order valence-corrected chi connectivity index (χ4v) is 10.0. The Bertz CT molecular complexity index is 1110. The minimum atomic E-state index is -0.838. The van der Waals surface area contributed by atoms with E-state index in [0.717, 1.165) is 44.9 Å². The van der Waals surface area contributed by atoms with Gasteiger partial charge in [-0.2, -0.15) is 0 Å². The number of nitrogens with one attached hydrogen (secondary N) is 1. The molecule has 0 aliphatic rings. The summed E-state index contributed by atoms with van der Waals surface area (Å²) in [5.41, 5.74) is 0. The number of ether oxygens (including phenoxy) is 1. The van der Waals surface area contributed by atoms with Gasteiger partial charge in [0.2, 0.25) is 5.91 Å². The van der Waals surface area contributed by atoms with Gasteiger partial charge in [-0.15, -0.1) is 0 Å². The lowest BCUT2D eigenvalue weighted by atomic mass is 10.0. The fraction of sp³-hybridized carbons (Fsp3) is 0.908. The maximum atomic E-state index is 12.4. The van der Waals surface area contributed by atoms with E-state index in [4.69, 9.17) is 4.74 Å². The van der Waals surface area contributed by atoms with E-state index in [2.05, 4.69) is 31.3 Å². The molecule has 3 N–H and O–H groups in total. The van der Waals surface area contributed by atoms with E-state index in [1.54, 1.807) is 6.08 Å². The molecule has 0 rings (SSSR count). The zero-order valence-electron chi connectivity index (χ0n) is 48.0. The zero-order valence-corrected chi connectivity index (χ0v) is 48.0. The van der Waals surface area contributed by atoms with Crippen LogP contribution in [0.4, 0.5) is 0 Å². The van der Waals surface area contributed by atoms with Gasteiger partial charge in [0.1, 0.15) is 0 Å². The number of aliphatic hydroxyl groups is 2. The molecule has 0 aromatic rings. The molecule has 0 aliphatic carbocycles. The highest BCUT2D eigenvalue weighted by molar-refractivity contribution is 5.76. The number of esters is 1. The first-order valence-corrected chi connectivity index (χ1v) is 32.1. The predicted octanol–water partition coefficient (Wildman–Crippen LogP) is 20.2. The van der Waals surface area contributed by atoms with Crippen LogP contribution in [0, 0.1) is 0 Å². The second kappa shape index (κ2) is 60.9. The minimum absolute atomic E-state index is 0.0119. The van der Waals surface area contributed by atoms with E-state index in [0.29, 0.717) is 19.4 Å². The van der Waals surface area contributed by atoms with Crippen molar-refractivity contribution in [2.24, 2.45) is 0 Å². The van der Waals surface area contributed by atoms with Crippen molar-refractivity contribution in [2.75, 3.05) is 13.2 Å². The number of amides is 1. The van der Waals surface area contributed by atoms with E-state index >= 15 is 0 Å². The molecule has 1 amide bonds. The molecule has 6 nitrogen and oxygen atoms in total. The van der Waals surface area contributed by atoms with Crippen molar-refractivity contribution in [3.63, 3.8) is 0 Å². The lowest BCUT2D eigenvalue weighted by Gasteiger charge is -2.20. The summed E-state index contributed by atoms with van der Waals surface area (Å²) in [5.74, 6) is -0.0534. The third kappa shape index (κ3) is 57.5. The Kier molecular flexibility index (Phi) is 59.5. The summed E-state index contributed by atoms with van der Waals surface area (Å²) in [5, 5.41) is 23.0. The Morgan fingerprint density at radius 2 is 0.662 bits per heavy atom. The summed E-state index contributed by atoms with van der Waals surface area (Å²) in [6.45, 7) is 4.88. The van der Waals surface area contributed by atoms with E-state index < -0.39 is 12.1 Å². The van der Waals surface area contributed by atoms with Gasteiger partial charge in [0, 0.05) is 12.8 Å². The first-order chi connectivity index (χ1) is 35.0. The average molecular weight is 1000 g/mol. The molecule has 6 heteroatoms. The summed E-state index contributed by atoms with van der Waals surface area (Å²) < 4.78 is 5.48. The van der Waals surface area contributed by atoms with Gasteiger partial charge in [-0.3, -0.25) is 9.59 Å². The molecule has 0 saturated carbocycles. The van der Waals surface area contributed by atoms with Crippen molar-refractivity contribution < 1.29 is 24.5 Å². The van der Waals surface area contributed by atoms with Crippen LogP contribution in [0.3, 0.4) is 0 Å². The molecule has 0 radical (unpaired) electrons. The predicted molar refractivity (Wildman–Crippen MR) is 310 cm³/mol. The minimum Gasteiger partial charge on any atom is -0.466 e. The van der Waals surface area contributed by atoms with Crippen molar-refractivity contribution in [1.29, 1.82) is 0 Å². The van der Waals surface area contributed by atoms with E-state index in [9.17, 15) is 19.8 Å². The number of hydrogen-bond donors (Lipinski definition) is 3. The van der Waals surface area contributed by atoms with Gasteiger partial charge in [-0.1, -0.05) is 308 Å². The third-order valence-electron chi connectivity index (χ3n) is 15.0. The summed E-state index contributed by atoms with van der Waals surface area (Å²) in [6, 6.07) is -0.622. The van der Waals surface area contributed by atoms with Crippen molar-refractivity contribution >= 4 is 11.9 Å². The van der Waals surface area contributed by atoms with Crippen LogP contribution in [0.25, 0.3) is 0 Å². The SMILES string of the molecule is CCCCCCC/C=C\CCCCCCCC(=O)OCCCCCCCCCCCCCCCCCCCCCCCCCCCCCCCCCC(=O)NC(CO)C(O)/C=C/CCCCCCCCC. The molecular weight excluding hydrogens is 875 g/mol. The van der Waals surface area contributed by atoms with Crippen LogP contribution in [-0.2, 0) is 14.3 Å². The van der Waals surface area contributed by atoms with Gasteiger partial charge in [-0.05, 0) is 57.8 Å². The average Bonchev–Trinajstić information content (AvgIpc) is 3.37. The van der Waals surface area contributed by atoms with Crippen LogP contribution < -0.4 is 5.32 Å². The lowest BCUT2D eigenvalue weighted by Crippen LogP contribution is -2.45. The Hall–Kier alpha value is -1.66. The summed E-state index contributed by atoms with van der Waals surface area (Å²) in [4.78, 5) is 24.4. The highest BCUT2D eigenvalue weighted by Gasteiger charge is 2.18. The van der Waals surface area contributed by atoms with Crippen molar-refractivity contribution in [2.45, 2.75) is 366 Å². The highest BCUT2D eigenvalue weighted by atomic mass is 16.5. The highest BCUT2D eigenvalue weighted by Crippen LogP contribution is 2.18. The molecule has 71 heavy (non-hydrogen) atoms. The van der Waals surface area contributed by atoms with Crippen LogP contribution in [0.5, 0.6) is 0 Å². The monoisotopic (exact) mass is 1000 g/mol. The smallest absolute Gasteiger partial charge is 0.305 e. The number of unbranched alkanes of at least 4 members (excludes halogenated alkanes) is 47. The maximum absolute atomic E-state index is 12.4. The molecule has 2 atom stereocenters. The Morgan fingerprint density at radius 3 is 1.00 bits per heavy atom. The quantitative estimate of drug-likeness (QED) is 0.0320. The van der Waals surface area contributed by atoms with Gasteiger partial charge in [0.15, 0.2) is 0 Å². The van der Waals surface area contributed by atoms with Crippen LogP contribution in [-0.4, -0.2) is 47.4 Å². The topological polar surface area (TPSA) is 95.9 Å². The van der Waals surface area contributed by atoms with E-state index in [1.807, 2.05) is 6.08 Å². The third-order valence-corrected chi connectivity index (χ3v) is 15.0. The molecule has 0 fully saturated rings.